The van der Waals surface area contributed by atoms with Crippen LogP contribution in [-0.2, 0) is 11.2 Å². The zero-order valence-electron chi connectivity index (χ0n) is 11.2. The van der Waals surface area contributed by atoms with Gasteiger partial charge in [-0.1, -0.05) is 6.07 Å². The first-order valence-corrected chi connectivity index (χ1v) is 6.82. The molecule has 3 rings (SSSR count). The van der Waals surface area contributed by atoms with Crippen LogP contribution in [0.3, 0.4) is 0 Å². The highest BCUT2D eigenvalue weighted by molar-refractivity contribution is 5.79. The maximum Gasteiger partial charge on any atom is 0.224 e. The maximum atomic E-state index is 11.7. The lowest BCUT2D eigenvalue weighted by molar-refractivity contribution is -0.127. The Morgan fingerprint density at radius 2 is 2.10 bits per heavy atom. The molecular weight excluding hydrogens is 256 g/mol. The van der Waals surface area contributed by atoms with Gasteiger partial charge in [0.05, 0.1) is 12.0 Å². The smallest absolute Gasteiger partial charge is 0.224 e. The summed E-state index contributed by atoms with van der Waals surface area (Å²) in [6.45, 7) is 2.37. The first-order chi connectivity index (χ1) is 9.76. The lowest BCUT2D eigenvalue weighted by Crippen LogP contribution is -2.27. The highest BCUT2D eigenvalue weighted by Gasteiger charge is 2.28. The minimum atomic E-state index is -0.150. The normalized spacial score (nSPS) is 20.9. The van der Waals surface area contributed by atoms with E-state index in [1.54, 1.807) is 4.90 Å². The van der Waals surface area contributed by atoms with Crippen LogP contribution in [0.25, 0.3) is 0 Å². The first-order valence-electron chi connectivity index (χ1n) is 6.82. The Morgan fingerprint density at radius 3 is 2.85 bits per heavy atom. The molecule has 0 saturated carbocycles. The number of hydrogen-bond acceptors (Lipinski definition) is 4. The van der Waals surface area contributed by atoms with Crippen LogP contribution in [0.2, 0.25) is 0 Å². The van der Waals surface area contributed by atoms with Crippen molar-refractivity contribution >= 4 is 5.91 Å². The number of nitriles is 1. The number of rotatable bonds is 3. The number of ether oxygens (including phenoxy) is 2. The van der Waals surface area contributed by atoms with E-state index in [0.717, 1.165) is 23.5 Å². The monoisotopic (exact) mass is 272 g/mol. The summed E-state index contributed by atoms with van der Waals surface area (Å²) in [7, 11) is 0. The van der Waals surface area contributed by atoms with Crippen molar-refractivity contribution in [1.29, 1.82) is 5.26 Å². The largest absolute Gasteiger partial charge is 0.486 e. The third-order valence-corrected chi connectivity index (χ3v) is 3.67. The van der Waals surface area contributed by atoms with Crippen molar-refractivity contribution in [1.82, 2.24) is 4.90 Å². The van der Waals surface area contributed by atoms with Gasteiger partial charge < -0.3 is 14.4 Å². The summed E-state index contributed by atoms with van der Waals surface area (Å²) in [4.78, 5) is 13.5. The van der Waals surface area contributed by atoms with Crippen LogP contribution < -0.4 is 9.47 Å². The second kappa shape index (κ2) is 5.41. The van der Waals surface area contributed by atoms with Crippen molar-refractivity contribution in [2.45, 2.75) is 12.8 Å². The molecule has 1 aromatic rings. The van der Waals surface area contributed by atoms with Gasteiger partial charge in [-0.2, -0.15) is 5.26 Å². The van der Waals surface area contributed by atoms with E-state index in [1.807, 2.05) is 18.2 Å². The lowest BCUT2D eigenvalue weighted by atomic mass is 10.1. The molecule has 0 radical (unpaired) electrons. The minimum Gasteiger partial charge on any atom is -0.486 e. The fourth-order valence-electron chi connectivity index (χ4n) is 2.58. The zero-order valence-corrected chi connectivity index (χ0v) is 11.2. The van der Waals surface area contributed by atoms with Crippen LogP contribution in [0.15, 0.2) is 18.2 Å². The predicted octanol–water partition coefficient (Wildman–Crippen LogP) is 1.37. The van der Waals surface area contributed by atoms with Gasteiger partial charge in [0, 0.05) is 19.5 Å². The van der Waals surface area contributed by atoms with Crippen molar-refractivity contribution in [3.63, 3.8) is 0 Å². The molecule has 0 aromatic heterocycles. The highest BCUT2D eigenvalue weighted by Crippen LogP contribution is 2.31. The quantitative estimate of drug-likeness (QED) is 0.833. The SMILES string of the molecule is N#CC1CC(=O)N(CCc2ccc3c(c2)OCCO3)C1. The summed E-state index contributed by atoms with van der Waals surface area (Å²) < 4.78 is 11.0. The molecule has 0 spiro atoms. The van der Waals surface area contributed by atoms with E-state index >= 15 is 0 Å². The van der Waals surface area contributed by atoms with E-state index in [-0.39, 0.29) is 11.8 Å². The van der Waals surface area contributed by atoms with E-state index in [4.69, 9.17) is 14.7 Å². The molecule has 5 nitrogen and oxygen atoms in total. The fraction of sp³-hybridized carbons (Fsp3) is 0.467. The van der Waals surface area contributed by atoms with E-state index < -0.39 is 0 Å². The Balaban J connectivity index is 1.61. The van der Waals surface area contributed by atoms with Crippen LogP contribution in [-0.4, -0.2) is 37.1 Å². The second-order valence-corrected chi connectivity index (χ2v) is 5.10. The Morgan fingerprint density at radius 1 is 1.30 bits per heavy atom. The molecule has 2 heterocycles. The van der Waals surface area contributed by atoms with Gasteiger partial charge in [0.2, 0.25) is 5.91 Å². The number of fused-ring (bicyclic) bond motifs is 1. The summed E-state index contributed by atoms with van der Waals surface area (Å²) in [5.41, 5.74) is 1.11. The van der Waals surface area contributed by atoms with Crippen molar-refractivity contribution in [3.05, 3.63) is 23.8 Å². The van der Waals surface area contributed by atoms with Crippen LogP contribution in [0.4, 0.5) is 0 Å². The first kappa shape index (κ1) is 12.8. The number of amides is 1. The van der Waals surface area contributed by atoms with Crippen molar-refractivity contribution < 1.29 is 14.3 Å². The van der Waals surface area contributed by atoms with Gasteiger partial charge in [-0.3, -0.25) is 4.79 Å². The highest BCUT2D eigenvalue weighted by atomic mass is 16.6. The topological polar surface area (TPSA) is 62.6 Å². The summed E-state index contributed by atoms with van der Waals surface area (Å²) in [5, 5.41) is 8.86. The molecule has 1 unspecified atom stereocenters. The molecule has 1 aromatic carbocycles. The summed E-state index contributed by atoms with van der Waals surface area (Å²) in [5.74, 6) is 1.48. The van der Waals surface area contributed by atoms with Gasteiger partial charge in [0.25, 0.3) is 0 Å². The van der Waals surface area contributed by atoms with Crippen LogP contribution in [0.1, 0.15) is 12.0 Å². The standard InChI is InChI=1S/C15H16N2O3/c16-9-12-8-15(18)17(10-12)4-3-11-1-2-13-14(7-11)20-6-5-19-13/h1-2,7,12H,3-6,8,10H2. The van der Waals surface area contributed by atoms with E-state index in [9.17, 15) is 4.79 Å². The molecule has 0 aliphatic carbocycles. The Bertz CT molecular complexity index is 565. The van der Waals surface area contributed by atoms with Crippen molar-refractivity contribution in [2.24, 2.45) is 5.92 Å². The van der Waals surface area contributed by atoms with Gasteiger partial charge >= 0.3 is 0 Å². The van der Waals surface area contributed by atoms with Gasteiger partial charge in [-0.25, -0.2) is 0 Å². The number of benzene rings is 1. The molecule has 20 heavy (non-hydrogen) atoms. The Hall–Kier alpha value is -2.22. The maximum absolute atomic E-state index is 11.7. The zero-order chi connectivity index (χ0) is 13.9. The molecule has 0 bridgehead atoms. The number of likely N-dealkylation sites (tertiary alicyclic amines) is 1. The number of carbonyl (C=O) groups is 1. The van der Waals surface area contributed by atoms with Crippen LogP contribution in [0.5, 0.6) is 11.5 Å². The van der Waals surface area contributed by atoms with E-state index in [0.29, 0.717) is 32.7 Å². The summed E-state index contributed by atoms with van der Waals surface area (Å²) in [6, 6.07) is 8.04. The molecule has 1 atom stereocenters. The van der Waals surface area contributed by atoms with E-state index in [1.165, 1.54) is 0 Å². The van der Waals surface area contributed by atoms with E-state index in [2.05, 4.69) is 6.07 Å². The van der Waals surface area contributed by atoms with Gasteiger partial charge in [-0.15, -0.1) is 0 Å². The number of hydrogen-bond donors (Lipinski definition) is 0. The number of nitrogens with zero attached hydrogens (tertiary/aromatic N) is 2. The van der Waals surface area contributed by atoms with Crippen molar-refractivity contribution in [3.8, 4) is 17.6 Å². The average molecular weight is 272 g/mol. The van der Waals surface area contributed by atoms with Gasteiger partial charge in [0.1, 0.15) is 13.2 Å². The van der Waals surface area contributed by atoms with Crippen LogP contribution in [0, 0.1) is 17.2 Å². The summed E-state index contributed by atoms with van der Waals surface area (Å²) in [6.07, 6.45) is 1.12. The molecule has 1 amide bonds. The second-order valence-electron chi connectivity index (χ2n) is 5.10. The molecule has 2 aliphatic rings. The molecule has 1 fully saturated rings. The molecule has 5 heteroatoms. The molecular formula is C15H16N2O3. The van der Waals surface area contributed by atoms with Crippen molar-refractivity contribution in [2.75, 3.05) is 26.3 Å². The average Bonchev–Trinajstić information content (AvgIpc) is 2.85. The summed E-state index contributed by atoms with van der Waals surface area (Å²) >= 11 is 0. The predicted molar refractivity (Wildman–Crippen MR) is 71.4 cm³/mol. The van der Waals surface area contributed by atoms with Gasteiger partial charge in [-0.05, 0) is 24.1 Å². The van der Waals surface area contributed by atoms with Gasteiger partial charge in [0.15, 0.2) is 11.5 Å². The number of carbonyl (C=O) groups excluding carboxylic acids is 1. The minimum absolute atomic E-state index is 0.0779. The molecule has 0 N–H and O–H groups in total. The third kappa shape index (κ3) is 2.55. The third-order valence-electron chi connectivity index (χ3n) is 3.67. The Labute approximate surface area is 117 Å². The molecule has 2 aliphatic heterocycles. The lowest BCUT2D eigenvalue weighted by Gasteiger charge is -2.20. The molecule has 1 saturated heterocycles. The molecule has 104 valence electrons. The fourth-order valence-corrected chi connectivity index (χ4v) is 2.58. The Kier molecular flexibility index (Phi) is 3.46. The van der Waals surface area contributed by atoms with Crippen LogP contribution >= 0.6 is 0 Å².